The summed E-state index contributed by atoms with van der Waals surface area (Å²) in [4.78, 5) is 24.1. The van der Waals surface area contributed by atoms with E-state index >= 15 is 0 Å². The molecule has 2 N–H and O–H groups in total. The number of thioether (sulfide) groups is 1. The van der Waals surface area contributed by atoms with Crippen molar-refractivity contribution in [3.05, 3.63) is 0 Å². The molecule has 0 aliphatic heterocycles. The fraction of sp³-hybridized carbons (Fsp3) is 0.800. The monoisotopic (exact) mass is 248 g/mol. The van der Waals surface area contributed by atoms with E-state index in [0.717, 1.165) is 5.75 Å². The summed E-state index contributed by atoms with van der Waals surface area (Å²) in [5, 5.41) is 11.5. The molecular formula is C10H20N2O3S. The smallest absolute Gasteiger partial charge is 0.326 e. The highest BCUT2D eigenvalue weighted by atomic mass is 32.2. The van der Waals surface area contributed by atoms with Gasteiger partial charge in [0.15, 0.2) is 0 Å². The minimum absolute atomic E-state index is 0.307. The number of carboxylic acids is 1. The Balaban J connectivity index is 4.27. The molecule has 0 rings (SSSR count). The summed E-state index contributed by atoms with van der Waals surface area (Å²) in [6.45, 7) is 4.88. The van der Waals surface area contributed by atoms with Crippen LogP contribution in [0, 0.1) is 0 Å². The van der Waals surface area contributed by atoms with Crippen molar-refractivity contribution < 1.29 is 14.7 Å². The Kier molecular flexibility index (Phi) is 7.80. The van der Waals surface area contributed by atoms with E-state index in [9.17, 15) is 9.59 Å². The molecule has 94 valence electrons. The van der Waals surface area contributed by atoms with Gasteiger partial charge in [-0.3, -0.25) is 0 Å². The summed E-state index contributed by atoms with van der Waals surface area (Å²) < 4.78 is 0. The van der Waals surface area contributed by atoms with E-state index in [0.29, 0.717) is 19.5 Å². The number of aliphatic carboxylic acids is 1. The van der Waals surface area contributed by atoms with Gasteiger partial charge in [-0.05, 0) is 32.3 Å². The minimum atomic E-state index is -0.977. The molecule has 2 amide bonds. The molecule has 0 heterocycles. The maximum absolute atomic E-state index is 11.6. The predicted octanol–water partition coefficient (Wildman–Crippen LogP) is 1.24. The number of hydrogen-bond acceptors (Lipinski definition) is 3. The van der Waals surface area contributed by atoms with Crippen LogP contribution < -0.4 is 5.32 Å². The van der Waals surface area contributed by atoms with Crippen LogP contribution in [0.25, 0.3) is 0 Å². The molecule has 0 spiro atoms. The van der Waals surface area contributed by atoms with Crippen molar-refractivity contribution in [3.8, 4) is 0 Å². The highest BCUT2D eigenvalue weighted by Gasteiger charge is 2.21. The van der Waals surface area contributed by atoms with Gasteiger partial charge in [0.1, 0.15) is 6.04 Å². The molecular weight excluding hydrogens is 228 g/mol. The van der Waals surface area contributed by atoms with Crippen molar-refractivity contribution in [1.82, 2.24) is 10.2 Å². The van der Waals surface area contributed by atoms with Gasteiger partial charge in [0.2, 0.25) is 0 Å². The third-order valence-corrected chi connectivity index (χ3v) is 2.90. The van der Waals surface area contributed by atoms with E-state index in [1.54, 1.807) is 16.7 Å². The quantitative estimate of drug-likeness (QED) is 0.711. The second-order valence-corrected chi connectivity index (χ2v) is 4.28. The molecule has 0 aliphatic rings. The van der Waals surface area contributed by atoms with Crippen molar-refractivity contribution in [2.24, 2.45) is 0 Å². The molecule has 0 aliphatic carbocycles. The van der Waals surface area contributed by atoms with Crippen LogP contribution in [-0.4, -0.2) is 53.1 Å². The lowest BCUT2D eigenvalue weighted by Crippen LogP contribution is -2.48. The zero-order valence-electron chi connectivity index (χ0n) is 10.0. The summed E-state index contributed by atoms with van der Waals surface area (Å²) in [5.41, 5.74) is 0. The number of carbonyl (C=O) groups excluding carboxylic acids is 1. The lowest BCUT2D eigenvalue weighted by molar-refractivity contribution is -0.139. The van der Waals surface area contributed by atoms with E-state index in [1.165, 1.54) is 0 Å². The fourth-order valence-electron chi connectivity index (χ4n) is 1.24. The molecule has 0 saturated heterocycles. The van der Waals surface area contributed by atoms with Gasteiger partial charge in [0, 0.05) is 13.1 Å². The second kappa shape index (κ2) is 8.27. The number of hydrogen-bond donors (Lipinski definition) is 2. The first-order valence-electron chi connectivity index (χ1n) is 5.33. The van der Waals surface area contributed by atoms with Crippen LogP contribution in [-0.2, 0) is 4.79 Å². The molecule has 0 bridgehead atoms. The third-order valence-electron chi connectivity index (χ3n) is 2.26. The molecule has 5 nitrogen and oxygen atoms in total. The molecule has 0 radical (unpaired) electrons. The first-order valence-corrected chi connectivity index (χ1v) is 6.73. The zero-order chi connectivity index (χ0) is 12.6. The van der Waals surface area contributed by atoms with E-state index in [4.69, 9.17) is 5.11 Å². The average molecular weight is 248 g/mol. The largest absolute Gasteiger partial charge is 0.480 e. The van der Waals surface area contributed by atoms with E-state index in [-0.39, 0.29) is 6.03 Å². The molecule has 6 heteroatoms. The summed E-state index contributed by atoms with van der Waals surface area (Å²) >= 11 is 1.57. The van der Waals surface area contributed by atoms with Crippen LogP contribution in [0.1, 0.15) is 20.3 Å². The molecule has 0 aromatic carbocycles. The Morgan fingerprint density at radius 2 is 1.94 bits per heavy atom. The SMILES string of the molecule is CCN(CC)C(=O)N[C@@H](CCSC)C(=O)O. The second-order valence-electron chi connectivity index (χ2n) is 3.29. The third kappa shape index (κ3) is 5.25. The van der Waals surface area contributed by atoms with E-state index in [2.05, 4.69) is 5.32 Å². The highest BCUT2D eigenvalue weighted by molar-refractivity contribution is 7.98. The summed E-state index contributed by atoms with van der Waals surface area (Å²) in [6.07, 6.45) is 2.36. The number of urea groups is 1. The van der Waals surface area contributed by atoms with Gasteiger partial charge in [0.05, 0.1) is 0 Å². The van der Waals surface area contributed by atoms with Gasteiger partial charge in [0.25, 0.3) is 0 Å². The maximum Gasteiger partial charge on any atom is 0.326 e. The van der Waals surface area contributed by atoms with Gasteiger partial charge < -0.3 is 15.3 Å². The Morgan fingerprint density at radius 3 is 2.31 bits per heavy atom. The number of carbonyl (C=O) groups is 2. The van der Waals surface area contributed by atoms with E-state index in [1.807, 2.05) is 20.1 Å². The van der Waals surface area contributed by atoms with Crippen LogP contribution in [0.3, 0.4) is 0 Å². The molecule has 16 heavy (non-hydrogen) atoms. The van der Waals surface area contributed by atoms with Crippen LogP contribution in [0.2, 0.25) is 0 Å². The Hall–Kier alpha value is -0.910. The van der Waals surface area contributed by atoms with E-state index < -0.39 is 12.0 Å². The minimum Gasteiger partial charge on any atom is -0.480 e. The van der Waals surface area contributed by atoms with Gasteiger partial charge in [-0.15, -0.1) is 0 Å². The molecule has 0 saturated carbocycles. The predicted molar refractivity (Wildman–Crippen MR) is 65.9 cm³/mol. The summed E-state index contributed by atoms with van der Waals surface area (Å²) in [5.74, 6) is -0.260. The molecule has 0 aromatic heterocycles. The number of rotatable bonds is 7. The fourth-order valence-corrected chi connectivity index (χ4v) is 1.72. The Morgan fingerprint density at radius 1 is 1.38 bits per heavy atom. The molecule has 0 aromatic rings. The lowest BCUT2D eigenvalue weighted by Gasteiger charge is -2.22. The van der Waals surface area contributed by atoms with Crippen molar-refractivity contribution >= 4 is 23.8 Å². The standard InChI is InChI=1S/C10H20N2O3S/c1-4-12(5-2)10(15)11-8(9(13)14)6-7-16-3/h8H,4-7H2,1-3H3,(H,11,15)(H,13,14)/t8-/m0/s1. The Bertz CT molecular complexity index is 232. The number of nitrogens with one attached hydrogen (secondary N) is 1. The normalized spacial score (nSPS) is 11.9. The molecule has 1 atom stereocenters. The van der Waals surface area contributed by atoms with Crippen LogP contribution in [0.4, 0.5) is 4.79 Å². The first kappa shape index (κ1) is 15.1. The Labute approximate surface area is 101 Å². The number of amides is 2. The van der Waals surface area contributed by atoms with Crippen LogP contribution >= 0.6 is 11.8 Å². The van der Waals surface area contributed by atoms with Gasteiger partial charge in [-0.1, -0.05) is 0 Å². The van der Waals surface area contributed by atoms with Crippen LogP contribution in [0.5, 0.6) is 0 Å². The van der Waals surface area contributed by atoms with Crippen molar-refractivity contribution in [3.63, 3.8) is 0 Å². The van der Waals surface area contributed by atoms with Crippen molar-refractivity contribution in [2.45, 2.75) is 26.3 Å². The maximum atomic E-state index is 11.6. The molecule has 0 unspecified atom stereocenters. The topological polar surface area (TPSA) is 69.6 Å². The zero-order valence-corrected chi connectivity index (χ0v) is 10.8. The van der Waals surface area contributed by atoms with Crippen molar-refractivity contribution in [2.75, 3.05) is 25.1 Å². The molecule has 0 fully saturated rings. The van der Waals surface area contributed by atoms with Crippen LogP contribution in [0.15, 0.2) is 0 Å². The van der Waals surface area contributed by atoms with Gasteiger partial charge >= 0.3 is 12.0 Å². The van der Waals surface area contributed by atoms with Crippen molar-refractivity contribution in [1.29, 1.82) is 0 Å². The summed E-state index contributed by atoms with van der Waals surface area (Å²) in [7, 11) is 0. The lowest BCUT2D eigenvalue weighted by atomic mass is 10.2. The van der Waals surface area contributed by atoms with Gasteiger partial charge in [-0.25, -0.2) is 9.59 Å². The first-order chi connectivity index (χ1) is 7.56. The number of carboxylic acid groups (broad SMARTS) is 1. The van der Waals surface area contributed by atoms with Gasteiger partial charge in [-0.2, -0.15) is 11.8 Å². The number of nitrogens with zero attached hydrogens (tertiary/aromatic N) is 1. The summed E-state index contributed by atoms with van der Waals surface area (Å²) in [6, 6.07) is -1.10. The highest BCUT2D eigenvalue weighted by Crippen LogP contribution is 2.02. The average Bonchev–Trinajstić information content (AvgIpc) is 2.25.